The molecule has 3 nitrogen and oxygen atoms in total. The molecule has 0 aliphatic carbocycles. The van der Waals surface area contributed by atoms with Crippen LogP contribution < -0.4 is 5.32 Å². The number of carbonyl (C=O) groups excluding carboxylic acids is 1. The summed E-state index contributed by atoms with van der Waals surface area (Å²) in [6, 6.07) is 10.1. The summed E-state index contributed by atoms with van der Waals surface area (Å²) in [4.78, 5) is 14.7. The number of allylic oxidation sites excluding steroid dienone is 1. The van der Waals surface area contributed by atoms with Crippen LogP contribution in [0.4, 0.5) is 0 Å². The number of carbonyl (C=O) groups is 1. The largest absolute Gasteiger partial charge is 0.357 e. The molecule has 2 saturated heterocycles. The molecule has 1 aromatic rings. The molecule has 112 valence electrons. The Balaban J connectivity index is 1.64. The topological polar surface area (TPSA) is 32.3 Å². The van der Waals surface area contributed by atoms with Crippen molar-refractivity contribution in [3.05, 3.63) is 47.7 Å². The number of nitrogens with one attached hydrogen (secondary N) is 1. The van der Waals surface area contributed by atoms with Crippen molar-refractivity contribution in [2.45, 2.75) is 43.4 Å². The molecular formula is C17H22N2OS. The minimum Gasteiger partial charge on any atom is -0.357 e. The summed E-state index contributed by atoms with van der Waals surface area (Å²) in [5.41, 5.74) is 2.33. The molecule has 3 rings (SSSR count). The van der Waals surface area contributed by atoms with Gasteiger partial charge in [0.2, 0.25) is 5.91 Å². The molecule has 0 spiro atoms. The third kappa shape index (κ3) is 2.82. The summed E-state index contributed by atoms with van der Waals surface area (Å²) >= 11 is 1.96. The highest BCUT2D eigenvalue weighted by atomic mass is 32.2. The van der Waals surface area contributed by atoms with Crippen LogP contribution >= 0.6 is 11.8 Å². The van der Waals surface area contributed by atoms with Crippen LogP contribution in [0.2, 0.25) is 0 Å². The van der Waals surface area contributed by atoms with Crippen LogP contribution in [0, 0.1) is 0 Å². The quantitative estimate of drug-likeness (QED) is 0.932. The van der Waals surface area contributed by atoms with E-state index in [1.54, 1.807) is 0 Å². The van der Waals surface area contributed by atoms with Gasteiger partial charge in [-0.05, 0) is 26.3 Å². The van der Waals surface area contributed by atoms with E-state index in [9.17, 15) is 4.79 Å². The fourth-order valence-corrected chi connectivity index (χ4v) is 4.69. The van der Waals surface area contributed by atoms with Gasteiger partial charge >= 0.3 is 0 Å². The summed E-state index contributed by atoms with van der Waals surface area (Å²) in [5, 5.41) is 3.60. The first-order valence-electron chi connectivity index (χ1n) is 7.44. The van der Waals surface area contributed by atoms with E-state index < -0.39 is 0 Å². The molecule has 0 radical (unpaired) electrons. The molecule has 2 heterocycles. The van der Waals surface area contributed by atoms with Crippen LogP contribution in [-0.2, 0) is 11.2 Å². The Bertz CT molecular complexity index is 567. The highest BCUT2D eigenvalue weighted by molar-refractivity contribution is 8.01. The maximum Gasteiger partial charge on any atom is 0.225 e. The Morgan fingerprint density at radius 3 is 2.81 bits per heavy atom. The van der Waals surface area contributed by atoms with Crippen molar-refractivity contribution in [3.8, 4) is 0 Å². The van der Waals surface area contributed by atoms with Crippen LogP contribution in [0.3, 0.4) is 0 Å². The fourth-order valence-electron chi connectivity index (χ4n) is 3.15. The van der Waals surface area contributed by atoms with Crippen LogP contribution in [0.1, 0.15) is 26.3 Å². The van der Waals surface area contributed by atoms with E-state index in [0.29, 0.717) is 11.8 Å². The number of nitrogens with zero attached hydrogens (tertiary/aromatic N) is 1. The van der Waals surface area contributed by atoms with E-state index in [1.807, 2.05) is 42.1 Å². The minimum atomic E-state index is 0.107. The smallest absolute Gasteiger partial charge is 0.225 e. The predicted molar refractivity (Wildman–Crippen MR) is 88.0 cm³/mol. The fraction of sp³-hybridized carbons (Fsp3) is 0.471. The summed E-state index contributed by atoms with van der Waals surface area (Å²) < 4.78 is 0.262. The lowest BCUT2D eigenvalue weighted by atomic mass is 9.99. The molecule has 1 aromatic carbocycles. The third-order valence-corrected chi connectivity index (χ3v) is 5.59. The zero-order chi connectivity index (χ0) is 15.0. The molecule has 0 bridgehead atoms. The van der Waals surface area contributed by atoms with Gasteiger partial charge in [-0.1, -0.05) is 36.4 Å². The van der Waals surface area contributed by atoms with Crippen LogP contribution in [0.15, 0.2) is 42.1 Å². The highest BCUT2D eigenvalue weighted by Crippen LogP contribution is 2.50. The molecule has 2 fully saturated rings. The van der Waals surface area contributed by atoms with Crippen LogP contribution in [0.25, 0.3) is 0 Å². The van der Waals surface area contributed by atoms with E-state index in [2.05, 4.69) is 37.1 Å². The highest BCUT2D eigenvalue weighted by Gasteiger charge is 2.52. The Hall–Kier alpha value is -1.42. The first kappa shape index (κ1) is 14.5. The summed E-state index contributed by atoms with van der Waals surface area (Å²) in [6.45, 7) is 7.66. The molecule has 1 N–H and O–H groups in total. The zero-order valence-electron chi connectivity index (χ0n) is 12.8. The number of amides is 1. The molecule has 0 saturated carbocycles. The minimum absolute atomic E-state index is 0.107. The predicted octanol–water partition coefficient (Wildman–Crippen LogP) is 2.78. The number of hydrogen-bond donors (Lipinski definition) is 1. The molecule has 21 heavy (non-hydrogen) atoms. The first-order valence-corrected chi connectivity index (χ1v) is 8.32. The number of thioether (sulfide) groups is 1. The van der Waals surface area contributed by atoms with Crippen molar-refractivity contribution in [1.29, 1.82) is 0 Å². The van der Waals surface area contributed by atoms with E-state index in [1.165, 1.54) is 5.70 Å². The molecular weight excluding hydrogens is 280 g/mol. The summed E-state index contributed by atoms with van der Waals surface area (Å²) in [5.74, 6) is 0.107. The van der Waals surface area contributed by atoms with Crippen LogP contribution in [-0.4, -0.2) is 33.5 Å². The maximum atomic E-state index is 12.3. The van der Waals surface area contributed by atoms with Crippen molar-refractivity contribution < 1.29 is 4.79 Å². The van der Waals surface area contributed by atoms with Gasteiger partial charge < -0.3 is 10.2 Å². The van der Waals surface area contributed by atoms with E-state index >= 15 is 0 Å². The molecule has 4 heteroatoms. The summed E-state index contributed by atoms with van der Waals surface area (Å²) in [7, 11) is 0. The van der Waals surface area contributed by atoms with Gasteiger partial charge in [-0.15, -0.1) is 11.8 Å². The van der Waals surface area contributed by atoms with Crippen molar-refractivity contribution in [3.63, 3.8) is 0 Å². The number of benzene rings is 1. The Morgan fingerprint density at radius 1 is 1.43 bits per heavy atom. The molecule has 2 atom stereocenters. The number of fused-ring (bicyclic) bond motifs is 1. The van der Waals surface area contributed by atoms with E-state index in [4.69, 9.17) is 0 Å². The zero-order valence-corrected chi connectivity index (χ0v) is 13.6. The number of rotatable bonds is 3. The molecule has 2 unspecified atom stereocenters. The normalized spacial score (nSPS) is 28.1. The SMILES string of the molecule is CC=C1C(NC(=O)Cc2ccccc2)C2SC(C)(C)CN12. The molecule has 2 aliphatic heterocycles. The van der Waals surface area contributed by atoms with E-state index in [-0.39, 0.29) is 16.7 Å². The average Bonchev–Trinajstić information content (AvgIpc) is 2.71. The molecule has 0 aromatic heterocycles. The van der Waals surface area contributed by atoms with E-state index in [0.717, 1.165) is 12.1 Å². The second kappa shape index (κ2) is 5.41. The van der Waals surface area contributed by atoms with Gasteiger partial charge in [0, 0.05) is 17.0 Å². The van der Waals surface area contributed by atoms with Crippen molar-refractivity contribution >= 4 is 17.7 Å². The Morgan fingerprint density at radius 2 is 2.14 bits per heavy atom. The molecule has 1 amide bonds. The van der Waals surface area contributed by atoms with Gasteiger partial charge in [-0.2, -0.15) is 0 Å². The maximum absolute atomic E-state index is 12.3. The molecule has 2 aliphatic rings. The monoisotopic (exact) mass is 302 g/mol. The Labute approximate surface area is 130 Å². The third-order valence-electron chi connectivity index (χ3n) is 4.05. The lowest BCUT2D eigenvalue weighted by Gasteiger charge is -2.47. The first-order chi connectivity index (χ1) is 10.00. The lowest BCUT2D eigenvalue weighted by molar-refractivity contribution is -0.121. The second-order valence-electron chi connectivity index (χ2n) is 6.32. The van der Waals surface area contributed by atoms with Crippen LogP contribution in [0.5, 0.6) is 0 Å². The van der Waals surface area contributed by atoms with Gasteiger partial charge in [-0.3, -0.25) is 4.79 Å². The van der Waals surface area contributed by atoms with Gasteiger partial charge in [0.15, 0.2) is 0 Å². The number of hydrogen-bond acceptors (Lipinski definition) is 3. The average molecular weight is 302 g/mol. The van der Waals surface area contributed by atoms with Gasteiger partial charge in [-0.25, -0.2) is 0 Å². The second-order valence-corrected chi connectivity index (χ2v) is 8.14. The summed E-state index contributed by atoms with van der Waals surface area (Å²) in [6.07, 6.45) is 2.58. The van der Waals surface area contributed by atoms with Gasteiger partial charge in [0.1, 0.15) is 5.37 Å². The Kier molecular flexibility index (Phi) is 3.74. The van der Waals surface area contributed by atoms with Gasteiger partial charge in [0.25, 0.3) is 0 Å². The standard InChI is InChI=1S/C17H22N2OS/c1-4-13-15(16-19(13)11-17(2,3)21-16)18-14(20)10-12-8-6-5-7-9-12/h4-9,15-16H,10-11H2,1-3H3,(H,18,20). The van der Waals surface area contributed by atoms with Crippen molar-refractivity contribution in [2.75, 3.05) is 6.54 Å². The van der Waals surface area contributed by atoms with Gasteiger partial charge in [0.05, 0.1) is 12.5 Å². The van der Waals surface area contributed by atoms with Crippen molar-refractivity contribution in [1.82, 2.24) is 10.2 Å². The van der Waals surface area contributed by atoms with Crippen molar-refractivity contribution in [2.24, 2.45) is 0 Å². The lowest BCUT2D eigenvalue weighted by Crippen LogP contribution is -2.61.